The van der Waals surface area contributed by atoms with Crippen LogP contribution in [0.4, 0.5) is 14.9 Å². The number of carbonyl (C=O) groups excluding carboxylic acids is 1. The van der Waals surface area contributed by atoms with Crippen molar-refractivity contribution in [1.82, 2.24) is 4.90 Å². The van der Waals surface area contributed by atoms with Gasteiger partial charge in [-0.3, -0.25) is 0 Å². The maximum atomic E-state index is 13.5. The second kappa shape index (κ2) is 6.05. The Labute approximate surface area is 111 Å². The van der Waals surface area contributed by atoms with Gasteiger partial charge in [-0.05, 0) is 31.0 Å². The molecular formula is C13H16ClFN2O. The van der Waals surface area contributed by atoms with Crippen LogP contribution in [0.3, 0.4) is 0 Å². The first kappa shape index (κ1) is 13.1. The third-order valence-corrected chi connectivity index (χ3v) is 3.30. The number of nitrogens with one attached hydrogen (secondary N) is 1. The van der Waals surface area contributed by atoms with Gasteiger partial charge in [-0.25, -0.2) is 9.18 Å². The molecule has 3 nitrogen and oxygen atoms in total. The summed E-state index contributed by atoms with van der Waals surface area (Å²) >= 11 is 5.66. The first-order chi connectivity index (χ1) is 8.66. The second-order valence-corrected chi connectivity index (χ2v) is 4.89. The van der Waals surface area contributed by atoms with Gasteiger partial charge in [-0.15, -0.1) is 0 Å². The van der Waals surface area contributed by atoms with Crippen LogP contribution in [0.1, 0.15) is 25.7 Å². The van der Waals surface area contributed by atoms with E-state index >= 15 is 0 Å². The molecule has 2 rings (SSSR count). The topological polar surface area (TPSA) is 32.3 Å². The van der Waals surface area contributed by atoms with E-state index in [0.717, 1.165) is 38.8 Å². The molecule has 0 atom stereocenters. The van der Waals surface area contributed by atoms with Gasteiger partial charge in [0.15, 0.2) is 0 Å². The first-order valence-electron chi connectivity index (χ1n) is 6.18. The summed E-state index contributed by atoms with van der Waals surface area (Å²) in [6, 6.07) is 3.99. The summed E-state index contributed by atoms with van der Waals surface area (Å²) in [4.78, 5) is 13.7. The van der Waals surface area contributed by atoms with Crippen molar-refractivity contribution in [3.05, 3.63) is 29.0 Å². The lowest BCUT2D eigenvalue weighted by atomic mass is 10.2. The van der Waals surface area contributed by atoms with Crippen LogP contribution in [0, 0.1) is 5.82 Å². The molecule has 1 aromatic carbocycles. The predicted molar refractivity (Wildman–Crippen MR) is 70.5 cm³/mol. The minimum absolute atomic E-state index is 0.175. The van der Waals surface area contributed by atoms with Gasteiger partial charge < -0.3 is 10.2 Å². The molecule has 1 aliphatic rings. The Morgan fingerprint density at radius 3 is 2.50 bits per heavy atom. The highest BCUT2D eigenvalue weighted by atomic mass is 35.5. The van der Waals surface area contributed by atoms with Crippen molar-refractivity contribution in [3.8, 4) is 0 Å². The highest BCUT2D eigenvalue weighted by molar-refractivity contribution is 6.30. The Bertz CT molecular complexity index is 431. The van der Waals surface area contributed by atoms with Gasteiger partial charge in [0.05, 0.1) is 5.69 Å². The van der Waals surface area contributed by atoms with Crippen molar-refractivity contribution >= 4 is 23.3 Å². The molecule has 1 N–H and O–H groups in total. The summed E-state index contributed by atoms with van der Waals surface area (Å²) in [5.74, 6) is -0.509. The van der Waals surface area contributed by atoms with Gasteiger partial charge in [0.25, 0.3) is 0 Å². The van der Waals surface area contributed by atoms with E-state index in [1.165, 1.54) is 12.1 Å². The normalized spacial score (nSPS) is 16.2. The SMILES string of the molecule is O=C(Nc1ccc(Cl)cc1F)N1CCCCCC1. The Morgan fingerprint density at radius 2 is 1.89 bits per heavy atom. The summed E-state index contributed by atoms with van der Waals surface area (Å²) in [5, 5.41) is 2.91. The molecule has 0 aromatic heterocycles. The molecule has 98 valence electrons. The standard InChI is InChI=1S/C13H16ClFN2O/c14-10-5-6-12(11(15)9-10)16-13(18)17-7-3-1-2-4-8-17/h5-6,9H,1-4,7-8H2,(H,16,18). The van der Waals surface area contributed by atoms with Gasteiger partial charge in [0, 0.05) is 18.1 Å². The molecule has 0 saturated carbocycles. The fraction of sp³-hybridized carbons (Fsp3) is 0.462. The molecule has 0 unspecified atom stereocenters. The molecule has 0 spiro atoms. The molecule has 1 saturated heterocycles. The molecule has 1 aliphatic heterocycles. The van der Waals surface area contributed by atoms with Crippen molar-refractivity contribution < 1.29 is 9.18 Å². The van der Waals surface area contributed by atoms with Crippen LogP contribution in [0.5, 0.6) is 0 Å². The zero-order chi connectivity index (χ0) is 13.0. The largest absolute Gasteiger partial charge is 0.325 e. The minimum Gasteiger partial charge on any atom is -0.325 e. The smallest absolute Gasteiger partial charge is 0.321 e. The number of nitrogens with zero attached hydrogens (tertiary/aromatic N) is 1. The summed E-state index contributed by atoms with van der Waals surface area (Å²) in [5.41, 5.74) is 0.175. The monoisotopic (exact) mass is 270 g/mol. The number of benzene rings is 1. The molecule has 18 heavy (non-hydrogen) atoms. The highest BCUT2D eigenvalue weighted by Crippen LogP contribution is 2.19. The first-order valence-corrected chi connectivity index (χ1v) is 6.55. The molecule has 1 fully saturated rings. The molecule has 0 radical (unpaired) electrons. The number of hydrogen-bond donors (Lipinski definition) is 1. The van der Waals surface area contributed by atoms with Crippen LogP contribution < -0.4 is 5.32 Å². The average molecular weight is 271 g/mol. The van der Waals surface area contributed by atoms with Crippen LogP contribution in [0.25, 0.3) is 0 Å². The summed E-state index contributed by atoms with van der Waals surface area (Å²) in [6.07, 6.45) is 4.32. The molecule has 1 heterocycles. The van der Waals surface area contributed by atoms with Crippen LogP contribution >= 0.6 is 11.6 Å². The van der Waals surface area contributed by atoms with E-state index in [9.17, 15) is 9.18 Å². The van der Waals surface area contributed by atoms with Gasteiger partial charge in [0.2, 0.25) is 0 Å². The van der Waals surface area contributed by atoms with Crippen molar-refractivity contribution in [2.75, 3.05) is 18.4 Å². The summed E-state index contributed by atoms with van der Waals surface area (Å²) in [7, 11) is 0. The zero-order valence-corrected chi connectivity index (χ0v) is 10.8. The number of anilines is 1. The Morgan fingerprint density at radius 1 is 1.22 bits per heavy atom. The molecule has 5 heteroatoms. The Hall–Kier alpha value is -1.29. The van der Waals surface area contributed by atoms with Crippen LogP contribution in [-0.2, 0) is 0 Å². The van der Waals surface area contributed by atoms with E-state index in [0.29, 0.717) is 5.02 Å². The Balaban J connectivity index is 2.01. The third-order valence-electron chi connectivity index (χ3n) is 3.07. The van der Waals surface area contributed by atoms with Crippen LogP contribution in [0.2, 0.25) is 5.02 Å². The van der Waals surface area contributed by atoms with E-state index < -0.39 is 5.82 Å². The number of urea groups is 1. The maximum Gasteiger partial charge on any atom is 0.321 e. The van der Waals surface area contributed by atoms with E-state index in [-0.39, 0.29) is 11.7 Å². The van der Waals surface area contributed by atoms with Gasteiger partial charge in [-0.1, -0.05) is 24.4 Å². The van der Waals surface area contributed by atoms with Gasteiger partial charge in [-0.2, -0.15) is 0 Å². The minimum atomic E-state index is -0.509. The number of hydrogen-bond acceptors (Lipinski definition) is 1. The predicted octanol–water partition coefficient (Wildman–Crippen LogP) is 3.89. The Kier molecular flexibility index (Phi) is 4.42. The highest BCUT2D eigenvalue weighted by Gasteiger charge is 2.16. The van der Waals surface area contributed by atoms with Gasteiger partial charge in [0.1, 0.15) is 5.82 Å². The summed E-state index contributed by atoms with van der Waals surface area (Å²) in [6.45, 7) is 1.47. The fourth-order valence-corrected chi connectivity index (χ4v) is 2.22. The van der Waals surface area contributed by atoms with Crippen molar-refractivity contribution in [2.24, 2.45) is 0 Å². The number of amides is 2. The lowest BCUT2D eigenvalue weighted by Crippen LogP contribution is -2.35. The number of rotatable bonds is 1. The van der Waals surface area contributed by atoms with Crippen molar-refractivity contribution in [2.45, 2.75) is 25.7 Å². The van der Waals surface area contributed by atoms with E-state index in [4.69, 9.17) is 11.6 Å². The van der Waals surface area contributed by atoms with E-state index in [2.05, 4.69) is 5.32 Å². The molecule has 0 aliphatic carbocycles. The number of carbonyl (C=O) groups is 1. The lowest BCUT2D eigenvalue weighted by Gasteiger charge is -2.20. The van der Waals surface area contributed by atoms with E-state index in [1.54, 1.807) is 11.0 Å². The van der Waals surface area contributed by atoms with Crippen LogP contribution in [0.15, 0.2) is 18.2 Å². The quantitative estimate of drug-likeness (QED) is 0.825. The zero-order valence-electron chi connectivity index (χ0n) is 10.1. The van der Waals surface area contributed by atoms with Crippen LogP contribution in [-0.4, -0.2) is 24.0 Å². The van der Waals surface area contributed by atoms with Crippen molar-refractivity contribution in [1.29, 1.82) is 0 Å². The molecule has 1 aromatic rings. The average Bonchev–Trinajstić information content (AvgIpc) is 2.61. The lowest BCUT2D eigenvalue weighted by molar-refractivity contribution is 0.213. The second-order valence-electron chi connectivity index (χ2n) is 4.46. The van der Waals surface area contributed by atoms with Gasteiger partial charge >= 0.3 is 6.03 Å². The third kappa shape index (κ3) is 3.35. The molecular weight excluding hydrogens is 255 g/mol. The maximum absolute atomic E-state index is 13.5. The molecule has 0 bridgehead atoms. The number of halogens is 2. The van der Waals surface area contributed by atoms with E-state index in [1.807, 2.05) is 0 Å². The summed E-state index contributed by atoms with van der Waals surface area (Å²) < 4.78 is 13.5. The number of likely N-dealkylation sites (tertiary alicyclic amines) is 1. The van der Waals surface area contributed by atoms with Crippen molar-refractivity contribution in [3.63, 3.8) is 0 Å². The molecule has 2 amide bonds. The fourth-order valence-electron chi connectivity index (χ4n) is 2.06.